The summed E-state index contributed by atoms with van der Waals surface area (Å²) in [5, 5.41) is 0. The Balaban J connectivity index is 1.84. The van der Waals surface area contributed by atoms with Gasteiger partial charge in [0.25, 0.3) is 0 Å². The van der Waals surface area contributed by atoms with E-state index in [0.29, 0.717) is 5.92 Å². The molecule has 0 aromatic carbocycles. The molecule has 0 atom stereocenters. The van der Waals surface area contributed by atoms with Crippen LogP contribution in [0, 0.1) is 5.92 Å². The first-order valence-corrected chi connectivity index (χ1v) is 3.52. The first-order chi connectivity index (χ1) is 4.45. The lowest BCUT2D eigenvalue weighted by atomic mass is 10.2. The molecule has 0 radical (unpaired) electrons. The van der Waals surface area contributed by atoms with E-state index in [2.05, 4.69) is 29.2 Å². The van der Waals surface area contributed by atoms with Gasteiger partial charge in [0.1, 0.15) is 0 Å². The molecule has 0 unspecified atom stereocenters. The van der Waals surface area contributed by atoms with E-state index in [0.717, 1.165) is 0 Å². The Morgan fingerprint density at radius 1 is 1.22 bits per heavy atom. The molecule has 48 valence electrons. The smallest absolute Gasteiger partial charge is 0.0110 e. The van der Waals surface area contributed by atoms with Crippen LogP contribution in [-0.4, -0.2) is 24.5 Å². The third-order valence-corrected chi connectivity index (χ3v) is 1.84. The first-order valence-electron chi connectivity index (χ1n) is 3.52. The van der Waals surface area contributed by atoms with Crippen molar-refractivity contribution in [3.63, 3.8) is 0 Å². The molecule has 1 saturated heterocycles. The number of rotatable bonds is 2. The fourth-order valence-electron chi connectivity index (χ4n) is 1.15. The van der Waals surface area contributed by atoms with Gasteiger partial charge in [0.15, 0.2) is 0 Å². The Hall–Kier alpha value is -0.560. The van der Waals surface area contributed by atoms with Gasteiger partial charge in [0, 0.05) is 25.6 Å². The number of hydrogen-bond donors (Lipinski definition) is 0. The average molecular weight is 121 g/mol. The molecule has 1 aliphatic heterocycles. The Morgan fingerprint density at radius 3 is 2.44 bits per heavy atom. The molecular weight excluding hydrogens is 110 g/mol. The number of nitrogens with zero attached hydrogens (tertiary/aromatic N) is 1. The maximum atomic E-state index is 2.45. The van der Waals surface area contributed by atoms with Gasteiger partial charge in [0.05, 0.1) is 0 Å². The monoisotopic (exact) mass is 121 g/mol. The molecule has 9 heavy (non-hydrogen) atoms. The third kappa shape index (κ3) is 1.22. The first kappa shape index (κ1) is 5.24. The number of hydrogen-bond acceptors (Lipinski definition) is 1. The van der Waals surface area contributed by atoms with E-state index in [4.69, 9.17) is 0 Å². The lowest BCUT2D eigenvalue weighted by molar-refractivity contribution is 0.517. The van der Waals surface area contributed by atoms with Crippen LogP contribution >= 0.6 is 0 Å². The minimum atomic E-state index is 0.715. The molecule has 0 aromatic rings. The summed E-state index contributed by atoms with van der Waals surface area (Å²) in [4.78, 5) is 2.45. The van der Waals surface area contributed by atoms with Gasteiger partial charge in [-0.15, -0.1) is 0 Å². The molecule has 0 N–H and O–H groups in total. The molecule has 1 heteroatoms. The fraction of sp³-hybridized carbons (Fsp3) is 0.500. The molecule has 0 bridgehead atoms. The van der Waals surface area contributed by atoms with E-state index in [9.17, 15) is 0 Å². The molecule has 1 aliphatic carbocycles. The van der Waals surface area contributed by atoms with Crippen LogP contribution in [-0.2, 0) is 0 Å². The zero-order valence-corrected chi connectivity index (χ0v) is 5.46. The average Bonchev–Trinajstić information content (AvgIpc) is 2.46. The summed E-state index contributed by atoms with van der Waals surface area (Å²) in [6, 6.07) is 0. The normalized spacial score (nSPS) is 25.8. The van der Waals surface area contributed by atoms with Gasteiger partial charge in [-0.1, -0.05) is 24.3 Å². The molecule has 0 aromatic heterocycles. The predicted octanol–water partition coefficient (Wildman–Crippen LogP) is 1.04. The molecule has 1 heterocycles. The summed E-state index contributed by atoms with van der Waals surface area (Å²) in [7, 11) is 0. The third-order valence-electron chi connectivity index (χ3n) is 1.84. The van der Waals surface area contributed by atoms with Gasteiger partial charge in [-0.25, -0.2) is 0 Å². The quantitative estimate of drug-likeness (QED) is 0.493. The lowest BCUT2D eigenvalue weighted by Gasteiger charge is -2.03. The van der Waals surface area contributed by atoms with Gasteiger partial charge < -0.3 is 0 Å². The highest BCUT2D eigenvalue weighted by Gasteiger charge is 2.19. The highest BCUT2D eigenvalue weighted by Crippen LogP contribution is 2.14. The standard InChI is InChI=1S/C8H11N/c1-2-4-8(3-1)7-9-5-6-9/h1-4,8H,5-7H2. The second kappa shape index (κ2) is 1.99. The maximum Gasteiger partial charge on any atom is 0.0110 e. The maximum absolute atomic E-state index is 2.45. The van der Waals surface area contributed by atoms with Gasteiger partial charge in [-0.2, -0.15) is 0 Å². The van der Waals surface area contributed by atoms with Crippen molar-refractivity contribution in [3.8, 4) is 0 Å². The van der Waals surface area contributed by atoms with Crippen LogP contribution < -0.4 is 0 Å². The molecule has 1 fully saturated rings. The summed E-state index contributed by atoms with van der Waals surface area (Å²) < 4.78 is 0. The van der Waals surface area contributed by atoms with Crippen molar-refractivity contribution < 1.29 is 0 Å². The molecular formula is C8H11N. The molecule has 2 rings (SSSR count). The van der Waals surface area contributed by atoms with Crippen molar-refractivity contribution in [3.05, 3.63) is 24.3 Å². The summed E-state index contributed by atoms with van der Waals surface area (Å²) in [6.07, 6.45) is 8.79. The van der Waals surface area contributed by atoms with Gasteiger partial charge in [0.2, 0.25) is 0 Å². The van der Waals surface area contributed by atoms with E-state index in [-0.39, 0.29) is 0 Å². The molecule has 0 saturated carbocycles. The van der Waals surface area contributed by atoms with Crippen LogP contribution in [0.1, 0.15) is 0 Å². The van der Waals surface area contributed by atoms with E-state index in [1.165, 1.54) is 19.6 Å². The van der Waals surface area contributed by atoms with E-state index in [1.54, 1.807) is 0 Å². The van der Waals surface area contributed by atoms with Crippen LogP contribution in [0.15, 0.2) is 24.3 Å². The van der Waals surface area contributed by atoms with Gasteiger partial charge in [-0.3, -0.25) is 4.90 Å². The van der Waals surface area contributed by atoms with Crippen LogP contribution in [0.25, 0.3) is 0 Å². The van der Waals surface area contributed by atoms with Crippen molar-refractivity contribution in [1.82, 2.24) is 4.90 Å². The molecule has 2 aliphatic rings. The van der Waals surface area contributed by atoms with Gasteiger partial charge in [-0.05, 0) is 0 Å². The highest BCUT2D eigenvalue weighted by atomic mass is 15.3. The van der Waals surface area contributed by atoms with Crippen molar-refractivity contribution in [1.29, 1.82) is 0 Å². The summed E-state index contributed by atoms with van der Waals surface area (Å²) >= 11 is 0. The summed E-state index contributed by atoms with van der Waals surface area (Å²) in [6.45, 7) is 3.88. The largest absolute Gasteiger partial charge is 0.300 e. The van der Waals surface area contributed by atoms with Crippen LogP contribution in [0.4, 0.5) is 0 Å². The Bertz CT molecular complexity index is 142. The van der Waals surface area contributed by atoms with E-state index in [1.807, 2.05) is 0 Å². The zero-order chi connectivity index (χ0) is 6.10. The topological polar surface area (TPSA) is 3.01 Å². The SMILES string of the molecule is C1=CC(CN2CC2)C=C1. The minimum absolute atomic E-state index is 0.715. The summed E-state index contributed by atoms with van der Waals surface area (Å²) in [5.74, 6) is 0.715. The van der Waals surface area contributed by atoms with Crippen molar-refractivity contribution in [2.45, 2.75) is 0 Å². The van der Waals surface area contributed by atoms with Crippen LogP contribution in [0.3, 0.4) is 0 Å². The second-order valence-corrected chi connectivity index (χ2v) is 2.73. The Morgan fingerprint density at radius 2 is 1.89 bits per heavy atom. The van der Waals surface area contributed by atoms with Gasteiger partial charge >= 0.3 is 0 Å². The molecule has 1 nitrogen and oxygen atoms in total. The van der Waals surface area contributed by atoms with E-state index < -0.39 is 0 Å². The highest BCUT2D eigenvalue weighted by molar-refractivity contribution is 5.18. The molecule has 0 spiro atoms. The number of allylic oxidation sites excluding steroid dienone is 2. The predicted molar refractivity (Wildman–Crippen MR) is 38.2 cm³/mol. The second-order valence-electron chi connectivity index (χ2n) is 2.73. The summed E-state index contributed by atoms with van der Waals surface area (Å²) in [5.41, 5.74) is 0. The van der Waals surface area contributed by atoms with E-state index >= 15 is 0 Å². The Labute approximate surface area is 55.7 Å². The molecule has 0 amide bonds. The van der Waals surface area contributed by atoms with Crippen molar-refractivity contribution in [2.75, 3.05) is 19.6 Å². The minimum Gasteiger partial charge on any atom is -0.300 e. The fourth-order valence-corrected chi connectivity index (χ4v) is 1.15. The zero-order valence-electron chi connectivity index (χ0n) is 5.46. The lowest BCUT2D eigenvalue weighted by Crippen LogP contribution is -2.07. The van der Waals surface area contributed by atoms with Crippen LogP contribution in [0.5, 0.6) is 0 Å². The van der Waals surface area contributed by atoms with Crippen LogP contribution in [0.2, 0.25) is 0 Å². The Kier molecular flexibility index (Phi) is 1.16. The van der Waals surface area contributed by atoms with Crippen molar-refractivity contribution >= 4 is 0 Å². The van der Waals surface area contributed by atoms with Crippen molar-refractivity contribution in [2.24, 2.45) is 5.92 Å².